The van der Waals surface area contributed by atoms with Crippen molar-refractivity contribution in [3.05, 3.63) is 71.7 Å². The zero-order valence-electron chi connectivity index (χ0n) is 11.0. The highest BCUT2D eigenvalue weighted by Gasteiger charge is 2.21. The molecule has 3 aromatic rings. The number of carbonyl (C=O) groups excluding carboxylic acids is 1. The second-order valence-corrected chi connectivity index (χ2v) is 4.71. The molecule has 0 radical (unpaired) electrons. The fraction of sp³-hybridized carbons (Fsp3) is 0.0625. The number of halogens is 2. The molecule has 0 bridgehead atoms. The molecule has 3 rings (SSSR count). The number of primary amides is 1. The fourth-order valence-corrected chi connectivity index (χ4v) is 2.41. The summed E-state index contributed by atoms with van der Waals surface area (Å²) in [5.74, 6) is -1.27. The third-order valence-corrected chi connectivity index (χ3v) is 3.35. The molecule has 1 amide bonds. The molecule has 0 saturated carbocycles. The first-order valence-corrected chi connectivity index (χ1v) is 6.37. The summed E-state index contributed by atoms with van der Waals surface area (Å²) in [6.07, 6.45) is -1.69. The van der Waals surface area contributed by atoms with Crippen molar-refractivity contribution in [3.8, 4) is 0 Å². The number of nitrogens with zero attached hydrogens (tertiary/aromatic N) is 1. The minimum atomic E-state index is -1.69. The minimum absolute atomic E-state index is 0.0490. The summed E-state index contributed by atoms with van der Waals surface area (Å²) < 4.78 is 29.3. The zero-order chi connectivity index (χ0) is 15.0. The molecular formula is C16H12F2N2O. The van der Waals surface area contributed by atoms with E-state index in [1.54, 1.807) is 24.3 Å². The van der Waals surface area contributed by atoms with Crippen LogP contribution in [-0.2, 0) is 0 Å². The lowest BCUT2D eigenvalue weighted by Crippen LogP contribution is -2.19. The van der Waals surface area contributed by atoms with E-state index in [0.717, 1.165) is 6.07 Å². The van der Waals surface area contributed by atoms with Crippen LogP contribution in [0.3, 0.4) is 0 Å². The number of nitrogens with two attached hydrogens (primary N) is 1. The monoisotopic (exact) mass is 286 g/mol. The van der Waals surface area contributed by atoms with Crippen LogP contribution in [0.4, 0.5) is 8.78 Å². The first-order chi connectivity index (χ1) is 10.1. The Balaban J connectivity index is 2.23. The summed E-state index contributed by atoms with van der Waals surface area (Å²) in [5, 5.41) is 0.699. The number of carbonyl (C=O) groups is 1. The molecule has 1 heterocycles. The molecule has 2 aromatic carbocycles. The van der Waals surface area contributed by atoms with Gasteiger partial charge in [0.05, 0.1) is 5.52 Å². The second-order valence-electron chi connectivity index (χ2n) is 4.71. The van der Waals surface area contributed by atoms with Gasteiger partial charge in [0, 0.05) is 10.9 Å². The van der Waals surface area contributed by atoms with Gasteiger partial charge in [-0.2, -0.15) is 0 Å². The van der Waals surface area contributed by atoms with Crippen LogP contribution in [0.5, 0.6) is 0 Å². The Morgan fingerprint density at radius 3 is 2.57 bits per heavy atom. The standard InChI is InChI=1S/C16H12F2N2O/c17-12-6-3-5-11(8-12)15(18)20-13-7-2-1-4-10(13)9-14(20)16(19)21/h1-9,15H,(H2,19,21). The molecule has 1 unspecified atom stereocenters. The van der Waals surface area contributed by atoms with Gasteiger partial charge in [0.1, 0.15) is 11.5 Å². The maximum atomic E-state index is 14.8. The highest BCUT2D eigenvalue weighted by atomic mass is 19.1. The van der Waals surface area contributed by atoms with Crippen LogP contribution in [0.15, 0.2) is 54.6 Å². The highest BCUT2D eigenvalue weighted by Crippen LogP contribution is 2.29. The van der Waals surface area contributed by atoms with E-state index < -0.39 is 18.0 Å². The van der Waals surface area contributed by atoms with Crippen molar-refractivity contribution in [1.29, 1.82) is 0 Å². The van der Waals surface area contributed by atoms with Gasteiger partial charge in [0.25, 0.3) is 5.91 Å². The maximum Gasteiger partial charge on any atom is 0.265 e. The Morgan fingerprint density at radius 1 is 1.10 bits per heavy atom. The average Bonchev–Trinajstić information content (AvgIpc) is 2.86. The fourth-order valence-electron chi connectivity index (χ4n) is 2.41. The lowest BCUT2D eigenvalue weighted by atomic mass is 10.2. The number of para-hydroxylation sites is 1. The number of benzene rings is 2. The third-order valence-electron chi connectivity index (χ3n) is 3.35. The molecule has 0 aliphatic rings. The van der Waals surface area contributed by atoms with Gasteiger partial charge in [-0.25, -0.2) is 8.78 Å². The van der Waals surface area contributed by atoms with Crippen molar-refractivity contribution in [2.24, 2.45) is 5.73 Å². The number of amides is 1. The first-order valence-electron chi connectivity index (χ1n) is 6.37. The van der Waals surface area contributed by atoms with Crippen LogP contribution in [0, 0.1) is 5.82 Å². The van der Waals surface area contributed by atoms with Crippen molar-refractivity contribution in [3.63, 3.8) is 0 Å². The zero-order valence-corrected chi connectivity index (χ0v) is 11.0. The van der Waals surface area contributed by atoms with Gasteiger partial charge < -0.3 is 10.3 Å². The van der Waals surface area contributed by atoms with E-state index in [9.17, 15) is 13.6 Å². The predicted octanol–water partition coefficient (Wildman–Crippen LogP) is 3.40. The van der Waals surface area contributed by atoms with Gasteiger partial charge in [-0.05, 0) is 24.3 Å². The lowest BCUT2D eigenvalue weighted by Gasteiger charge is -2.15. The van der Waals surface area contributed by atoms with E-state index in [1.807, 2.05) is 0 Å². The first kappa shape index (κ1) is 13.3. The van der Waals surface area contributed by atoms with Gasteiger partial charge >= 0.3 is 0 Å². The quantitative estimate of drug-likeness (QED) is 0.788. The Hall–Kier alpha value is -2.69. The third kappa shape index (κ3) is 2.27. The van der Waals surface area contributed by atoms with Crippen LogP contribution < -0.4 is 5.73 Å². The van der Waals surface area contributed by atoms with E-state index >= 15 is 0 Å². The molecule has 106 valence electrons. The van der Waals surface area contributed by atoms with E-state index in [4.69, 9.17) is 5.73 Å². The minimum Gasteiger partial charge on any atom is -0.364 e. The van der Waals surface area contributed by atoms with Crippen molar-refractivity contribution < 1.29 is 13.6 Å². The molecular weight excluding hydrogens is 274 g/mol. The second kappa shape index (κ2) is 5.01. The summed E-state index contributed by atoms with van der Waals surface area (Å²) >= 11 is 0. The summed E-state index contributed by atoms with van der Waals surface area (Å²) in [4.78, 5) is 11.6. The summed E-state index contributed by atoms with van der Waals surface area (Å²) in [6, 6.07) is 13.7. The Bertz CT molecular complexity index is 826. The molecule has 1 aromatic heterocycles. The van der Waals surface area contributed by atoms with Crippen molar-refractivity contribution in [1.82, 2.24) is 4.57 Å². The molecule has 0 fully saturated rings. The van der Waals surface area contributed by atoms with E-state index in [-0.39, 0.29) is 11.3 Å². The smallest absolute Gasteiger partial charge is 0.265 e. The molecule has 5 heteroatoms. The Kier molecular flexibility index (Phi) is 3.17. The lowest BCUT2D eigenvalue weighted by molar-refractivity contribution is 0.0985. The van der Waals surface area contributed by atoms with Crippen molar-refractivity contribution >= 4 is 16.8 Å². The van der Waals surface area contributed by atoms with E-state index in [0.29, 0.717) is 10.9 Å². The normalized spacial score (nSPS) is 12.5. The summed E-state index contributed by atoms with van der Waals surface area (Å²) in [5.41, 5.74) is 6.03. The molecule has 21 heavy (non-hydrogen) atoms. The number of hydrogen-bond donors (Lipinski definition) is 1. The van der Waals surface area contributed by atoms with Gasteiger partial charge in [0.2, 0.25) is 6.30 Å². The van der Waals surface area contributed by atoms with Crippen molar-refractivity contribution in [2.75, 3.05) is 0 Å². The molecule has 0 aliphatic carbocycles. The van der Waals surface area contributed by atoms with E-state index in [1.165, 1.54) is 28.8 Å². The number of aromatic nitrogens is 1. The van der Waals surface area contributed by atoms with Crippen molar-refractivity contribution in [2.45, 2.75) is 6.30 Å². The van der Waals surface area contributed by atoms with Crippen LogP contribution >= 0.6 is 0 Å². The average molecular weight is 286 g/mol. The van der Waals surface area contributed by atoms with Gasteiger partial charge in [-0.15, -0.1) is 0 Å². The number of fused-ring (bicyclic) bond motifs is 1. The predicted molar refractivity (Wildman–Crippen MR) is 76.1 cm³/mol. The molecule has 2 N–H and O–H groups in total. The molecule has 3 nitrogen and oxygen atoms in total. The van der Waals surface area contributed by atoms with Crippen LogP contribution in [0.25, 0.3) is 10.9 Å². The van der Waals surface area contributed by atoms with Gasteiger partial charge in [-0.1, -0.05) is 30.3 Å². The van der Waals surface area contributed by atoms with Crippen LogP contribution in [0.1, 0.15) is 22.3 Å². The van der Waals surface area contributed by atoms with Gasteiger partial charge in [0.15, 0.2) is 0 Å². The Labute approximate surface area is 119 Å². The Morgan fingerprint density at radius 2 is 1.86 bits per heavy atom. The highest BCUT2D eigenvalue weighted by molar-refractivity contribution is 5.98. The topological polar surface area (TPSA) is 48.0 Å². The van der Waals surface area contributed by atoms with Crippen LogP contribution in [-0.4, -0.2) is 10.5 Å². The number of alkyl halides is 1. The molecule has 0 spiro atoms. The summed E-state index contributed by atoms with van der Waals surface area (Å²) in [7, 11) is 0. The van der Waals surface area contributed by atoms with E-state index in [2.05, 4.69) is 0 Å². The maximum absolute atomic E-state index is 14.8. The largest absolute Gasteiger partial charge is 0.364 e. The summed E-state index contributed by atoms with van der Waals surface area (Å²) in [6.45, 7) is 0. The number of hydrogen-bond acceptors (Lipinski definition) is 1. The molecule has 0 aliphatic heterocycles. The SMILES string of the molecule is NC(=O)c1cc2ccccc2n1C(F)c1cccc(F)c1. The molecule has 0 saturated heterocycles. The molecule has 1 atom stereocenters. The van der Waals surface area contributed by atoms with Gasteiger partial charge in [-0.3, -0.25) is 4.79 Å². The van der Waals surface area contributed by atoms with Crippen LogP contribution in [0.2, 0.25) is 0 Å². The number of rotatable bonds is 3.